The Morgan fingerprint density at radius 2 is 2.11 bits per heavy atom. The highest BCUT2D eigenvalue weighted by molar-refractivity contribution is 5.94. The van der Waals surface area contributed by atoms with Crippen molar-refractivity contribution in [1.29, 1.82) is 0 Å². The zero-order valence-electron chi connectivity index (χ0n) is 11.2. The first-order valence-electron chi connectivity index (χ1n) is 6.53. The first-order chi connectivity index (χ1) is 9.02. The van der Waals surface area contributed by atoms with E-state index in [2.05, 4.69) is 4.98 Å². The molecule has 1 aliphatic rings. The number of rotatable bonds is 5. The number of carbonyl (C=O) groups excluding carboxylic acids is 1. The minimum atomic E-state index is -1.02. The number of pyridine rings is 1. The van der Waals surface area contributed by atoms with Gasteiger partial charge in [0.25, 0.3) is 5.91 Å². The Balaban J connectivity index is 2.17. The van der Waals surface area contributed by atoms with E-state index in [0.29, 0.717) is 23.9 Å². The summed E-state index contributed by atoms with van der Waals surface area (Å²) in [6.45, 7) is 4.98. The number of aromatic nitrogens is 1. The standard InChI is InChI=1S/C14H18N2O3/c1-3-16(8-10-4-5-10)13(17)12-7-6-11(14(18)19)9(2)15-12/h6-7,10H,3-5,8H2,1-2H3,(H,18,19). The summed E-state index contributed by atoms with van der Waals surface area (Å²) in [4.78, 5) is 29.1. The van der Waals surface area contributed by atoms with Crippen LogP contribution in [0.25, 0.3) is 0 Å². The Morgan fingerprint density at radius 1 is 1.42 bits per heavy atom. The summed E-state index contributed by atoms with van der Waals surface area (Å²) in [5.41, 5.74) is 0.840. The van der Waals surface area contributed by atoms with Crippen molar-refractivity contribution in [2.24, 2.45) is 5.92 Å². The third kappa shape index (κ3) is 3.10. The Labute approximate surface area is 112 Å². The van der Waals surface area contributed by atoms with Crippen molar-refractivity contribution < 1.29 is 14.7 Å². The van der Waals surface area contributed by atoms with Crippen LogP contribution in [0.15, 0.2) is 12.1 Å². The number of nitrogens with zero attached hydrogens (tertiary/aromatic N) is 2. The molecule has 0 saturated heterocycles. The molecule has 2 rings (SSSR count). The Morgan fingerprint density at radius 3 is 2.58 bits per heavy atom. The van der Waals surface area contributed by atoms with Gasteiger partial charge in [-0.1, -0.05) is 0 Å². The lowest BCUT2D eigenvalue weighted by Gasteiger charge is -2.20. The highest BCUT2D eigenvalue weighted by Crippen LogP contribution is 2.30. The lowest BCUT2D eigenvalue weighted by Crippen LogP contribution is -2.33. The average Bonchev–Trinajstić information content (AvgIpc) is 3.18. The SMILES string of the molecule is CCN(CC1CC1)C(=O)c1ccc(C(=O)O)c(C)n1. The summed E-state index contributed by atoms with van der Waals surface area (Å²) in [6, 6.07) is 2.94. The summed E-state index contributed by atoms with van der Waals surface area (Å²) in [7, 11) is 0. The second-order valence-electron chi connectivity index (χ2n) is 4.92. The number of carbonyl (C=O) groups is 2. The Kier molecular flexibility index (Phi) is 3.83. The molecule has 5 heteroatoms. The van der Waals surface area contributed by atoms with E-state index in [0.717, 1.165) is 6.54 Å². The predicted molar refractivity (Wildman–Crippen MR) is 70.2 cm³/mol. The minimum absolute atomic E-state index is 0.116. The molecule has 0 spiro atoms. The fourth-order valence-corrected chi connectivity index (χ4v) is 2.04. The molecule has 1 aromatic rings. The molecule has 0 atom stereocenters. The van der Waals surface area contributed by atoms with Gasteiger partial charge >= 0.3 is 5.97 Å². The van der Waals surface area contributed by atoms with Crippen molar-refractivity contribution in [2.45, 2.75) is 26.7 Å². The first kappa shape index (κ1) is 13.5. The maximum absolute atomic E-state index is 12.3. The van der Waals surface area contributed by atoms with Crippen LogP contribution < -0.4 is 0 Å². The molecule has 1 heterocycles. The zero-order valence-corrected chi connectivity index (χ0v) is 11.2. The molecule has 1 aromatic heterocycles. The van der Waals surface area contributed by atoms with Crippen LogP contribution in [0.2, 0.25) is 0 Å². The molecule has 0 radical (unpaired) electrons. The number of carboxylic acid groups (broad SMARTS) is 1. The molecule has 5 nitrogen and oxygen atoms in total. The molecule has 0 aliphatic heterocycles. The fraction of sp³-hybridized carbons (Fsp3) is 0.500. The van der Waals surface area contributed by atoms with Crippen LogP contribution >= 0.6 is 0 Å². The largest absolute Gasteiger partial charge is 0.478 e. The number of hydrogen-bond acceptors (Lipinski definition) is 3. The van der Waals surface area contributed by atoms with E-state index >= 15 is 0 Å². The van der Waals surface area contributed by atoms with Crippen molar-refractivity contribution in [2.75, 3.05) is 13.1 Å². The van der Waals surface area contributed by atoms with E-state index in [1.54, 1.807) is 11.8 Å². The van der Waals surface area contributed by atoms with Gasteiger partial charge in [-0.3, -0.25) is 4.79 Å². The van der Waals surface area contributed by atoms with E-state index < -0.39 is 5.97 Å². The number of hydrogen-bond donors (Lipinski definition) is 1. The fourth-order valence-electron chi connectivity index (χ4n) is 2.04. The lowest BCUT2D eigenvalue weighted by atomic mass is 10.1. The van der Waals surface area contributed by atoms with Gasteiger partial charge in [-0.2, -0.15) is 0 Å². The van der Waals surface area contributed by atoms with Crippen LogP contribution in [0.1, 0.15) is 46.3 Å². The van der Waals surface area contributed by atoms with Crippen LogP contribution in [0.5, 0.6) is 0 Å². The molecule has 1 saturated carbocycles. The smallest absolute Gasteiger partial charge is 0.337 e. The van der Waals surface area contributed by atoms with E-state index in [-0.39, 0.29) is 11.5 Å². The maximum atomic E-state index is 12.3. The van der Waals surface area contributed by atoms with Crippen molar-refractivity contribution in [1.82, 2.24) is 9.88 Å². The minimum Gasteiger partial charge on any atom is -0.478 e. The van der Waals surface area contributed by atoms with Crippen molar-refractivity contribution in [3.05, 3.63) is 29.1 Å². The van der Waals surface area contributed by atoms with Gasteiger partial charge in [-0.25, -0.2) is 9.78 Å². The second-order valence-corrected chi connectivity index (χ2v) is 4.92. The molecule has 19 heavy (non-hydrogen) atoms. The van der Waals surface area contributed by atoms with Crippen LogP contribution in [-0.2, 0) is 0 Å². The van der Waals surface area contributed by atoms with Gasteiger partial charge in [0, 0.05) is 13.1 Å². The molecule has 0 unspecified atom stereocenters. The van der Waals surface area contributed by atoms with Crippen molar-refractivity contribution >= 4 is 11.9 Å². The monoisotopic (exact) mass is 262 g/mol. The molecular formula is C14H18N2O3. The van der Waals surface area contributed by atoms with Crippen molar-refractivity contribution in [3.63, 3.8) is 0 Å². The van der Waals surface area contributed by atoms with Crippen LogP contribution in [0, 0.1) is 12.8 Å². The predicted octanol–water partition coefficient (Wildman–Crippen LogP) is 1.96. The zero-order chi connectivity index (χ0) is 14.0. The highest BCUT2D eigenvalue weighted by atomic mass is 16.4. The summed E-state index contributed by atoms with van der Waals surface area (Å²) in [5.74, 6) is -0.507. The lowest BCUT2D eigenvalue weighted by molar-refractivity contribution is 0.0691. The van der Waals surface area contributed by atoms with Gasteiger partial charge in [0.05, 0.1) is 11.3 Å². The third-order valence-corrected chi connectivity index (χ3v) is 3.38. The molecule has 1 fully saturated rings. The topological polar surface area (TPSA) is 70.5 Å². The number of amides is 1. The molecule has 102 valence electrons. The molecular weight excluding hydrogens is 244 g/mol. The van der Waals surface area contributed by atoms with Crippen LogP contribution in [0.3, 0.4) is 0 Å². The van der Waals surface area contributed by atoms with Gasteiger partial charge in [0.1, 0.15) is 5.69 Å². The summed E-state index contributed by atoms with van der Waals surface area (Å²) in [6.07, 6.45) is 2.38. The van der Waals surface area contributed by atoms with Gasteiger partial charge in [0.2, 0.25) is 0 Å². The maximum Gasteiger partial charge on any atom is 0.337 e. The number of carboxylic acids is 1. The van der Waals surface area contributed by atoms with Gasteiger partial charge in [-0.15, -0.1) is 0 Å². The summed E-state index contributed by atoms with van der Waals surface area (Å²) < 4.78 is 0. The molecule has 1 aliphatic carbocycles. The normalized spacial score (nSPS) is 14.2. The average molecular weight is 262 g/mol. The van der Waals surface area contributed by atoms with E-state index in [9.17, 15) is 9.59 Å². The highest BCUT2D eigenvalue weighted by Gasteiger charge is 2.27. The van der Waals surface area contributed by atoms with Gasteiger partial charge in [0.15, 0.2) is 0 Å². The number of aryl methyl sites for hydroxylation is 1. The molecule has 0 aromatic carbocycles. The van der Waals surface area contributed by atoms with Crippen LogP contribution in [-0.4, -0.2) is 40.0 Å². The van der Waals surface area contributed by atoms with E-state index in [1.165, 1.54) is 25.0 Å². The van der Waals surface area contributed by atoms with E-state index in [4.69, 9.17) is 5.11 Å². The van der Waals surface area contributed by atoms with Crippen LogP contribution in [0.4, 0.5) is 0 Å². The Bertz CT molecular complexity index is 509. The summed E-state index contributed by atoms with van der Waals surface area (Å²) in [5, 5.41) is 8.94. The third-order valence-electron chi connectivity index (χ3n) is 3.38. The van der Waals surface area contributed by atoms with Gasteiger partial charge in [-0.05, 0) is 44.7 Å². The van der Waals surface area contributed by atoms with E-state index in [1.807, 2.05) is 6.92 Å². The summed E-state index contributed by atoms with van der Waals surface area (Å²) >= 11 is 0. The van der Waals surface area contributed by atoms with Gasteiger partial charge < -0.3 is 10.0 Å². The first-order valence-corrected chi connectivity index (χ1v) is 6.53. The number of aromatic carboxylic acids is 1. The molecule has 0 bridgehead atoms. The Hall–Kier alpha value is -1.91. The molecule has 1 N–H and O–H groups in total. The quantitative estimate of drug-likeness (QED) is 0.880. The second kappa shape index (κ2) is 5.38. The molecule has 1 amide bonds. The van der Waals surface area contributed by atoms with Crippen molar-refractivity contribution in [3.8, 4) is 0 Å².